The van der Waals surface area contributed by atoms with Gasteiger partial charge in [0.1, 0.15) is 11.5 Å². The van der Waals surface area contributed by atoms with Crippen LogP contribution in [-0.2, 0) is 4.79 Å². The van der Waals surface area contributed by atoms with Crippen molar-refractivity contribution in [3.63, 3.8) is 0 Å². The van der Waals surface area contributed by atoms with Crippen LogP contribution in [0, 0.1) is 6.92 Å². The number of hydrogen-bond acceptors (Lipinski definition) is 4. The predicted octanol–water partition coefficient (Wildman–Crippen LogP) is 2.12. The first-order valence-electron chi connectivity index (χ1n) is 6.97. The van der Waals surface area contributed by atoms with Crippen molar-refractivity contribution >= 4 is 17.5 Å². The van der Waals surface area contributed by atoms with Crippen LogP contribution in [-0.4, -0.2) is 25.5 Å². The number of hydrogen-bond donors (Lipinski definition) is 2. The fraction of sp³-hybridized carbons (Fsp3) is 0.176. The molecule has 0 radical (unpaired) electrons. The number of carbonyl (C=O) groups is 2. The Balaban J connectivity index is 2.06. The number of para-hydroxylation sites is 1. The molecule has 0 aliphatic carbocycles. The number of benzene rings is 2. The number of nitrogens with two attached hydrogens (primary N) is 1. The third-order valence-electron chi connectivity index (χ3n) is 3.23. The van der Waals surface area contributed by atoms with Gasteiger partial charge in [0.2, 0.25) is 0 Å². The third-order valence-corrected chi connectivity index (χ3v) is 3.23. The molecular formula is C17H18N2O4. The molecule has 6 heteroatoms. The topological polar surface area (TPSA) is 90.7 Å². The quantitative estimate of drug-likeness (QED) is 0.854. The molecule has 23 heavy (non-hydrogen) atoms. The van der Waals surface area contributed by atoms with Gasteiger partial charge in [-0.25, -0.2) is 0 Å². The van der Waals surface area contributed by atoms with Gasteiger partial charge in [0.15, 0.2) is 6.61 Å². The van der Waals surface area contributed by atoms with E-state index in [0.29, 0.717) is 11.4 Å². The zero-order valence-corrected chi connectivity index (χ0v) is 13.0. The van der Waals surface area contributed by atoms with Gasteiger partial charge in [-0.1, -0.05) is 18.2 Å². The molecule has 6 nitrogen and oxygen atoms in total. The second-order valence-corrected chi connectivity index (χ2v) is 4.88. The molecule has 0 heterocycles. The Bertz CT molecular complexity index is 728. The number of rotatable bonds is 6. The SMILES string of the molecule is COc1ccc(C(N)=O)c(OCC(=O)Nc2ccccc2C)c1. The molecule has 2 rings (SSSR count). The van der Waals surface area contributed by atoms with E-state index in [1.165, 1.54) is 19.2 Å². The Hall–Kier alpha value is -3.02. The minimum atomic E-state index is -0.637. The van der Waals surface area contributed by atoms with E-state index in [1.54, 1.807) is 12.1 Å². The van der Waals surface area contributed by atoms with Crippen molar-refractivity contribution in [1.82, 2.24) is 0 Å². The van der Waals surface area contributed by atoms with E-state index in [-0.39, 0.29) is 23.8 Å². The highest BCUT2D eigenvalue weighted by atomic mass is 16.5. The highest BCUT2D eigenvalue weighted by Crippen LogP contribution is 2.24. The van der Waals surface area contributed by atoms with E-state index in [2.05, 4.69) is 5.32 Å². The molecule has 0 aliphatic heterocycles. The lowest BCUT2D eigenvalue weighted by Crippen LogP contribution is -2.22. The first-order chi connectivity index (χ1) is 11.0. The fourth-order valence-corrected chi connectivity index (χ4v) is 2.00. The van der Waals surface area contributed by atoms with Gasteiger partial charge in [-0.2, -0.15) is 0 Å². The van der Waals surface area contributed by atoms with Crippen molar-refractivity contribution in [3.05, 3.63) is 53.6 Å². The Kier molecular flexibility index (Phi) is 5.19. The molecule has 0 unspecified atom stereocenters. The standard InChI is InChI=1S/C17H18N2O4/c1-11-5-3-4-6-14(11)19-16(20)10-23-15-9-12(22-2)7-8-13(15)17(18)21/h3-9H,10H2,1-2H3,(H2,18,21)(H,19,20). The highest BCUT2D eigenvalue weighted by molar-refractivity contribution is 5.96. The maximum atomic E-state index is 12.0. The summed E-state index contributed by atoms with van der Waals surface area (Å²) in [5, 5.41) is 2.75. The summed E-state index contributed by atoms with van der Waals surface area (Å²) in [6, 6.07) is 12.0. The van der Waals surface area contributed by atoms with E-state index in [0.717, 1.165) is 5.56 Å². The maximum Gasteiger partial charge on any atom is 0.262 e. The number of primary amides is 1. The smallest absolute Gasteiger partial charge is 0.262 e. The van der Waals surface area contributed by atoms with Crippen LogP contribution in [0.4, 0.5) is 5.69 Å². The first kappa shape index (κ1) is 16.4. The van der Waals surface area contributed by atoms with Crippen molar-refractivity contribution in [3.8, 4) is 11.5 Å². The second kappa shape index (κ2) is 7.31. The van der Waals surface area contributed by atoms with Crippen LogP contribution >= 0.6 is 0 Å². The molecule has 0 saturated heterocycles. The third kappa shape index (κ3) is 4.23. The van der Waals surface area contributed by atoms with E-state index in [9.17, 15) is 9.59 Å². The lowest BCUT2D eigenvalue weighted by Gasteiger charge is -2.12. The number of nitrogens with one attached hydrogen (secondary N) is 1. The molecular weight excluding hydrogens is 296 g/mol. The number of anilines is 1. The summed E-state index contributed by atoms with van der Waals surface area (Å²) in [6.07, 6.45) is 0. The largest absolute Gasteiger partial charge is 0.497 e. The van der Waals surface area contributed by atoms with Crippen LogP contribution < -0.4 is 20.5 Å². The molecule has 0 aliphatic rings. The maximum absolute atomic E-state index is 12.0. The lowest BCUT2D eigenvalue weighted by atomic mass is 10.2. The van der Waals surface area contributed by atoms with Crippen LogP contribution in [0.1, 0.15) is 15.9 Å². The number of methoxy groups -OCH3 is 1. The molecule has 0 aromatic heterocycles. The zero-order chi connectivity index (χ0) is 16.8. The van der Waals surface area contributed by atoms with E-state index < -0.39 is 5.91 Å². The average Bonchev–Trinajstić information content (AvgIpc) is 2.54. The summed E-state index contributed by atoms with van der Waals surface area (Å²) in [5.41, 5.74) is 7.14. The molecule has 2 amide bonds. The molecule has 3 N–H and O–H groups in total. The second-order valence-electron chi connectivity index (χ2n) is 4.88. The summed E-state index contributed by atoms with van der Waals surface area (Å²) in [5.74, 6) is -0.263. The van der Waals surface area contributed by atoms with Gasteiger partial charge in [0.05, 0.1) is 12.7 Å². The van der Waals surface area contributed by atoms with Crippen LogP contribution in [0.3, 0.4) is 0 Å². The predicted molar refractivity (Wildman–Crippen MR) is 86.8 cm³/mol. The van der Waals surface area contributed by atoms with Crippen molar-refractivity contribution in [2.75, 3.05) is 19.0 Å². The van der Waals surface area contributed by atoms with Gasteiger partial charge >= 0.3 is 0 Å². The first-order valence-corrected chi connectivity index (χ1v) is 6.97. The summed E-state index contributed by atoms with van der Waals surface area (Å²) in [6.45, 7) is 1.64. The minimum absolute atomic E-state index is 0.189. The molecule has 0 spiro atoms. The number of ether oxygens (including phenoxy) is 2. The molecule has 2 aromatic rings. The number of aryl methyl sites for hydroxylation is 1. The van der Waals surface area contributed by atoms with Gasteiger partial charge in [-0.15, -0.1) is 0 Å². The Morgan fingerprint density at radius 2 is 1.91 bits per heavy atom. The molecule has 0 saturated carbocycles. The van der Waals surface area contributed by atoms with Crippen molar-refractivity contribution < 1.29 is 19.1 Å². The Labute approximate surface area is 134 Å². The number of amides is 2. The van der Waals surface area contributed by atoms with Gasteiger partial charge < -0.3 is 20.5 Å². The van der Waals surface area contributed by atoms with Crippen LogP contribution in [0.5, 0.6) is 11.5 Å². The van der Waals surface area contributed by atoms with Crippen LogP contribution in [0.15, 0.2) is 42.5 Å². The van der Waals surface area contributed by atoms with Crippen LogP contribution in [0.2, 0.25) is 0 Å². The zero-order valence-electron chi connectivity index (χ0n) is 13.0. The van der Waals surface area contributed by atoms with Gasteiger partial charge in [-0.3, -0.25) is 9.59 Å². The van der Waals surface area contributed by atoms with Crippen molar-refractivity contribution in [2.45, 2.75) is 6.92 Å². The van der Waals surface area contributed by atoms with E-state index in [4.69, 9.17) is 15.2 Å². The van der Waals surface area contributed by atoms with Crippen LogP contribution in [0.25, 0.3) is 0 Å². The minimum Gasteiger partial charge on any atom is -0.497 e. The Morgan fingerprint density at radius 1 is 1.17 bits per heavy atom. The summed E-state index contributed by atoms with van der Waals surface area (Å²) >= 11 is 0. The summed E-state index contributed by atoms with van der Waals surface area (Å²) < 4.78 is 10.5. The summed E-state index contributed by atoms with van der Waals surface area (Å²) in [4.78, 5) is 23.4. The normalized spacial score (nSPS) is 10.0. The van der Waals surface area contributed by atoms with E-state index in [1.807, 2.05) is 25.1 Å². The lowest BCUT2D eigenvalue weighted by molar-refractivity contribution is -0.118. The average molecular weight is 314 g/mol. The van der Waals surface area contributed by atoms with E-state index >= 15 is 0 Å². The number of carbonyl (C=O) groups excluding carboxylic acids is 2. The van der Waals surface area contributed by atoms with Gasteiger partial charge in [0.25, 0.3) is 11.8 Å². The molecule has 0 bridgehead atoms. The van der Waals surface area contributed by atoms with Crippen molar-refractivity contribution in [1.29, 1.82) is 0 Å². The Morgan fingerprint density at radius 3 is 2.57 bits per heavy atom. The molecule has 0 atom stereocenters. The fourth-order valence-electron chi connectivity index (χ4n) is 2.00. The molecule has 120 valence electrons. The van der Waals surface area contributed by atoms with Gasteiger partial charge in [-0.05, 0) is 30.7 Å². The molecule has 2 aromatic carbocycles. The van der Waals surface area contributed by atoms with Gasteiger partial charge in [0, 0.05) is 11.8 Å². The monoisotopic (exact) mass is 314 g/mol. The summed E-state index contributed by atoms with van der Waals surface area (Å²) in [7, 11) is 1.49. The van der Waals surface area contributed by atoms with Crippen molar-refractivity contribution in [2.24, 2.45) is 5.73 Å². The molecule has 0 fully saturated rings. The highest BCUT2D eigenvalue weighted by Gasteiger charge is 2.13.